The number of ether oxygens (including phenoxy) is 1. The maximum atomic E-state index is 12.3. The van der Waals surface area contributed by atoms with Crippen molar-refractivity contribution in [3.63, 3.8) is 0 Å². The molecule has 3 rings (SSSR count). The van der Waals surface area contributed by atoms with Crippen LogP contribution in [0.5, 0.6) is 0 Å². The molecule has 0 aliphatic carbocycles. The number of carbonyl (C=O) groups is 1. The third kappa shape index (κ3) is 2.50. The predicted octanol–water partition coefficient (Wildman–Crippen LogP) is 1.71. The minimum atomic E-state index is -0.232. The zero-order valence-electron chi connectivity index (χ0n) is 10.8. The molecule has 1 N–H and O–H groups in total. The molecule has 0 radical (unpaired) electrons. The SMILES string of the molecule is Cc1ccc2cc(C(=O)C3COCCN3)ccc2n1. The Bertz CT molecular complexity index is 619. The average molecular weight is 256 g/mol. The highest BCUT2D eigenvalue weighted by atomic mass is 16.5. The Morgan fingerprint density at radius 2 is 2.26 bits per heavy atom. The van der Waals surface area contributed by atoms with Gasteiger partial charge in [-0.3, -0.25) is 9.78 Å². The maximum Gasteiger partial charge on any atom is 0.182 e. The number of Topliss-reactive ketones (excluding diaryl/α,β-unsaturated/α-hetero) is 1. The minimum Gasteiger partial charge on any atom is -0.378 e. The molecule has 1 unspecified atom stereocenters. The molecule has 1 aliphatic heterocycles. The van der Waals surface area contributed by atoms with Crippen molar-refractivity contribution < 1.29 is 9.53 Å². The summed E-state index contributed by atoms with van der Waals surface area (Å²) in [5.74, 6) is 0.0853. The van der Waals surface area contributed by atoms with E-state index < -0.39 is 0 Å². The standard InChI is InChI=1S/C15H16N2O2/c1-10-2-3-11-8-12(4-5-13(11)17-10)15(18)14-9-19-7-6-16-14/h2-5,8,14,16H,6-7,9H2,1H3. The highest BCUT2D eigenvalue weighted by molar-refractivity contribution is 6.02. The van der Waals surface area contributed by atoms with Crippen molar-refractivity contribution in [3.05, 3.63) is 41.6 Å². The summed E-state index contributed by atoms with van der Waals surface area (Å²) in [4.78, 5) is 16.8. The number of fused-ring (bicyclic) bond motifs is 1. The lowest BCUT2D eigenvalue weighted by Crippen LogP contribution is -2.46. The second-order valence-electron chi connectivity index (χ2n) is 4.81. The molecule has 4 nitrogen and oxygen atoms in total. The van der Waals surface area contributed by atoms with Gasteiger partial charge in [0.25, 0.3) is 0 Å². The van der Waals surface area contributed by atoms with Crippen LogP contribution >= 0.6 is 0 Å². The Hall–Kier alpha value is -1.78. The van der Waals surface area contributed by atoms with Gasteiger partial charge in [-0.1, -0.05) is 6.07 Å². The number of ketones is 1. The number of rotatable bonds is 2. The van der Waals surface area contributed by atoms with E-state index in [4.69, 9.17) is 4.74 Å². The number of nitrogens with one attached hydrogen (secondary N) is 1. The largest absolute Gasteiger partial charge is 0.378 e. The van der Waals surface area contributed by atoms with Crippen LogP contribution in [-0.2, 0) is 4.74 Å². The normalized spacial score (nSPS) is 19.5. The molecular weight excluding hydrogens is 240 g/mol. The zero-order valence-corrected chi connectivity index (χ0v) is 10.8. The number of aryl methyl sites for hydroxylation is 1. The number of carbonyl (C=O) groups excluding carboxylic acids is 1. The second-order valence-corrected chi connectivity index (χ2v) is 4.81. The van der Waals surface area contributed by atoms with Crippen molar-refractivity contribution in [2.24, 2.45) is 0 Å². The first-order chi connectivity index (χ1) is 9.24. The van der Waals surface area contributed by atoms with Crippen LogP contribution in [0, 0.1) is 6.92 Å². The van der Waals surface area contributed by atoms with Gasteiger partial charge in [0.1, 0.15) is 0 Å². The van der Waals surface area contributed by atoms with Crippen molar-refractivity contribution in [2.45, 2.75) is 13.0 Å². The van der Waals surface area contributed by atoms with Crippen LogP contribution in [0.25, 0.3) is 10.9 Å². The topological polar surface area (TPSA) is 51.2 Å². The Morgan fingerprint density at radius 1 is 1.37 bits per heavy atom. The summed E-state index contributed by atoms with van der Waals surface area (Å²) in [7, 11) is 0. The Balaban J connectivity index is 1.92. The lowest BCUT2D eigenvalue weighted by molar-refractivity contribution is 0.0607. The molecule has 19 heavy (non-hydrogen) atoms. The predicted molar refractivity (Wildman–Crippen MR) is 73.4 cm³/mol. The van der Waals surface area contributed by atoms with Gasteiger partial charge in [0.2, 0.25) is 0 Å². The molecule has 1 aromatic heterocycles. The van der Waals surface area contributed by atoms with Gasteiger partial charge in [0.05, 0.1) is 24.8 Å². The molecule has 2 aromatic rings. The highest BCUT2D eigenvalue weighted by Gasteiger charge is 2.22. The molecule has 1 aliphatic rings. The molecule has 1 atom stereocenters. The minimum absolute atomic E-state index is 0.0853. The van der Waals surface area contributed by atoms with E-state index >= 15 is 0 Å². The molecule has 0 spiro atoms. The Labute approximate surface area is 111 Å². The fourth-order valence-corrected chi connectivity index (χ4v) is 2.32. The summed E-state index contributed by atoms with van der Waals surface area (Å²) in [6, 6.07) is 9.37. The van der Waals surface area contributed by atoms with E-state index in [-0.39, 0.29) is 11.8 Å². The van der Waals surface area contributed by atoms with E-state index in [1.807, 2.05) is 37.3 Å². The summed E-state index contributed by atoms with van der Waals surface area (Å²) in [6.45, 7) is 3.81. The Morgan fingerprint density at radius 3 is 3.05 bits per heavy atom. The average Bonchev–Trinajstić information content (AvgIpc) is 2.47. The number of benzene rings is 1. The van der Waals surface area contributed by atoms with Crippen LogP contribution in [0.3, 0.4) is 0 Å². The fourth-order valence-electron chi connectivity index (χ4n) is 2.32. The number of hydrogen-bond acceptors (Lipinski definition) is 4. The molecule has 1 saturated heterocycles. The van der Waals surface area contributed by atoms with E-state index in [1.165, 1.54) is 0 Å². The van der Waals surface area contributed by atoms with Crippen LogP contribution in [-0.4, -0.2) is 36.6 Å². The van der Waals surface area contributed by atoms with Crippen molar-refractivity contribution in [1.29, 1.82) is 0 Å². The van der Waals surface area contributed by atoms with Gasteiger partial charge >= 0.3 is 0 Å². The van der Waals surface area contributed by atoms with Crippen LogP contribution < -0.4 is 5.32 Å². The second kappa shape index (κ2) is 5.07. The summed E-state index contributed by atoms with van der Waals surface area (Å²) < 4.78 is 5.33. The fraction of sp³-hybridized carbons (Fsp3) is 0.333. The number of morpholine rings is 1. The molecule has 1 aromatic carbocycles. The van der Waals surface area contributed by atoms with Crippen molar-refractivity contribution in [1.82, 2.24) is 10.3 Å². The van der Waals surface area contributed by atoms with Crippen molar-refractivity contribution in [2.75, 3.05) is 19.8 Å². The third-order valence-corrected chi connectivity index (χ3v) is 3.35. The monoisotopic (exact) mass is 256 g/mol. The van der Waals surface area contributed by atoms with Gasteiger partial charge in [0, 0.05) is 23.2 Å². The molecule has 2 heterocycles. The maximum absolute atomic E-state index is 12.3. The summed E-state index contributed by atoms with van der Waals surface area (Å²) >= 11 is 0. The van der Waals surface area contributed by atoms with E-state index in [2.05, 4.69) is 10.3 Å². The van der Waals surface area contributed by atoms with E-state index in [9.17, 15) is 4.79 Å². The van der Waals surface area contributed by atoms with Crippen LogP contribution in [0.2, 0.25) is 0 Å². The third-order valence-electron chi connectivity index (χ3n) is 3.35. The molecule has 0 saturated carbocycles. The molecule has 1 fully saturated rings. The van der Waals surface area contributed by atoms with Crippen LogP contribution in [0.1, 0.15) is 16.1 Å². The summed E-state index contributed by atoms with van der Waals surface area (Å²) in [5.41, 5.74) is 2.61. The smallest absolute Gasteiger partial charge is 0.182 e. The van der Waals surface area contributed by atoms with Gasteiger partial charge < -0.3 is 10.1 Å². The zero-order chi connectivity index (χ0) is 13.2. The first kappa shape index (κ1) is 12.3. The number of pyridine rings is 1. The molecular formula is C15H16N2O2. The first-order valence-electron chi connectivity index (χ1n) is 6.47. The first-order valence-corrected chi connectivity index (χ1v) is 6.47. The van der Waals surface area contributed by atoms with E-state index in [0.29, 0.717) is 18.8 Å². The van der Waals surface area contributed by atoms with Gasteiger partial charge in [0.15, 0.2) is 5.78 Å². The van der Waals surface area contributed by atoms with Gasteiger partial charge in [-0.2, -0.15) is 0 Å². The summed E-state index contributed by atoms with van der Waals surface area (Å²) in [6.07, 6.45) is 0. The van der Waals surface area contributed by atoms with Crippen LogP contribution in [0.15, 0.2) is 30.3 Å². The van der Waals surface area contributed by atoms with Crippen molar-refractivity contribution in [3.8, 4) is 0 Å². The van der Waals surface area contributed by atoms with E-state index in [1.54, 1.807) is 0 Å². The van der Waals surface area contributed by atoms with Crippen molar-refractivity contribution >= 4 is 16.7 Å². The molecule has 98 valence electrons. The highest BCUT2D eigenvalue weighted by Crippen LogP contribution is 2.16. The molecule has 4 heteroatoms. The summed E-state index contributed by atoms with van der Waals surface area (Å²) in [5, 5.41) is 4.18. The van der Waals surface area contributed by atoms with Crippen LogP contribution in [0.4, 0.5) is 0 Å². The van der Waals surface area contributed by atoms with Gasteiger partial charge in [-0.05, 0) is 31.2 Å². The Kier molecular flexibility index (Phi) is 3.27. The number of hydrogen-bond donors (Lipinski definition) is 1. The quantitative estimate of drug-likeness (QED) is 0.831. The lowest BCUT2D eigenvalue weighted by Gasteiger charge is -2.22. The molecule has 0 bridgehead atoms. The van der Waals surface area contributed by atoms with Gasteiger partial charge in [-0.25, -0.2) is 0 Å². The molecule has 0 amide bonds. The number of nitrogens with zero attached hydrogens (tertiary/aromatic N) is 1. The van der Waals surface area contributed by atoms with Gasteiger partial charge in [-0.15, -0.1) is 0 Å². The van der Waals surface area contributed by atoms with E-state index in [0.717, 1.165) is 23.1 Å². The number of aromatic nitrogens is 1. The lowest BCUT2D eigenvalue weighted by atomic mass is 10.0.